The zero-order valence-corrected chi connectivity index (χ0v) is 12.6. The van der Waals surface area contributed by atoms with Crippen molar-refractivity contribution < 1.29 is 0 Å². The summed E-state index contributed by atoms with van der Waals surface area (Å²) in [6, 6.07) is 4.25. The van der Waals surface area contributed by atoms with Gasteiger partial charge in [-0.1, -0.05) is 40.7 Å². The van der Waals surface area contributed by atoms with Gasteiger partial charge in [0.2, 0.25) is 0 Å². The topological polar surface area (TPSA) is 12.9 Å². The van der Waals surface area contributed by atoms with Gasteiger partial charge in [0.1, 0.15) is 4.60 Å². The molecule has 0 N–H and O–H groups in total. The van der Waals surface area contributed by atoms with Crippen LogP contribution in [0.15, 0.2) is 16.7 Å². The van der Waals surface area contributed by atoms with Crippen LogP contribution in [0, 0.1) is 5.92 Å². The number of halogens is 1. The van der Waals surface area contributed by atoms with Gasteiger partial charge in [-0.15, -0.1) is 0 Å². The van der Waals surface area contributed by atoms with E-state index in [4.69, 9.17) is 0 Å². The molecule has 0 atom stereocenters. The molecule has 1 aromatic rings. The molecule has 0 amide bonds. The van der Waals surface area contributed by atoms with Crippen LogP contribution in [0.4, 0.5) is 0 Å². The van der Waals surface area contributed by atoms with Crippen molar-refractivity contribution in [3.63, 3.8) is 0 Å². The van der Waals surface area contributed by atoms with Gasteiger partial charge in [0, 0.05) is 5.41 Å². The molecule has 0 aliphatic carbocycles. The molecule has 1 heterocycles. The average Bonchev–Trinajstić information content (AvgIpc) is 2.14. The molecule has 0 aliphatic heterocycles. The largest absolute Gasteiger partial charge is 0.245 e. The molecule has 0 fully saturated rings. The van der Waals surface area contributed by atoms with Gasteiger partial charge < -0.3 is 0 Å². The molecule has 0 saturated carbocycles. The van der Waals surface area contributed by atoms with E-state index in [1.807, 2.05) is 6.07 Å². The average molecular weight is 284 g/mol. The normalized spacial score (nSPS) is 12.2. The third-order valence-corrected chi connectivity index (χ3v) is 3.09. The second-order valence-corrected chi connectivity index (χ2v) is 6.64. The van der Waals surface area contributed by atoms with Crippen LogP contribution in [-0.2, 0) is 11.8 Å². The predicted octanol–water partition coefficient (Wildman–Crippen LogP) is 4.73. The quantitative estimate of drug-likeness (QED) is 0.731. The van der Waals surface area contributed by atoms with Gasteiger partial charge in [0.25, 0.3) is 0 Å². The molecule has 0 bridgehead atoms. The molecule has 0 aliphatic rings. The van der Waals surface area contributed by atoms with Crippen LogP contribution in [0.3, 0.4) is 0 Å². The van der Waals surface area contributed by atoms with E-state index in [1.54, 1.807) is 0 Å². The predicted molar refractivity (Wildman–Crippen MR) is 73.8 cm³/mol. The summed E-state index contributed by atoms with van der Waals surface area (Å²) in [6.07, 6.45) is 2.36. The Balaban J connectivity index is 2.99. The summed E-state index contributed by atoms with van der Waals surface area (Å²) in [5, 5.41) is 0. The molecule has 1 aromatic heterocycles. The van der Waals surface area contributed by atoms with Gasteiger partial charge in [-0.2, -0.15) is 0 Å². The highest BCUT2D eigenvalue weighted by atomic mass is 79.9. The fourth-order valence-electron chi connectivity index (χ4n) is 1.76. The van der Waals surface area contributed by atoms with Crippen molar-refractivity contribution in [3.8, 4) is 0 Å². The van der Waals surface area contributed by atoms with Crippen LogP contribution in [0.5, 0.6) is 0 Å². The van der Waals surface area contributed by atoms with E-state index < -0.39 is 0 Å². The lowest BCUT2D eigenvalue weighted by Crippen LogP contribution is -2.17. The van der Waals surface area contributed by atoms with E-state index in [0.29, 0.717) is 0 Å². The monoisotopic (exact) mass is 283 g/mol. The number of aromatic nitrogens is 1. The Morgan fingerprint density at radius 1 is 1.25 bits per heavy atom. The summed E-state index contributed by atoms with van der Waals surface area (Å²) in [4.78, 5) is 4.64. The van der Waals surface area contributed by atoms with E-state index in [2.05, 4.69) is 61.6 Å². The van der Waals surface area contributed by atoms with Crippen LogP contribution in [-0.4, -0.2) is 4.98 Å². The first-order chi connectivity index (χ1) is 7.30. The molecule has 0 aromatic carbocycles. The van der Waals surface area contributed by atoms with Crippen LogP contribution in [0.1, 0.15) is 52.3 Å². The van der Waals surface area contributed by atoms with E-state index in [1.165, 1.54) is 17.7 Å². The van der Waals surface area contributed by atoms with Crippen molar-refractivity contribution in [3.05, 3.63) is 28.0 Å². The van der Waals surface area contributed by atoms with Gasteiger partial charge in [-0.3, -0.25) is 0 Å². The molecule has 0 spiro atoms. The van der Waals surface area contributed by atoms with Gasteiger partial charge in [0.15, 0.2) is 0 Å². The summed E-state index contributed by atoms with van der Waals surface area (Å²) < 4.78 is 0.936. The highest BCUT2D eigenvalue weighted by Gasteiger charge is 2.19. The molecule has 0 saturated heterocycles. The lowest BCUT2D eigenvalue weighted by atomic mass is 9.86. The Morgan fingerprint density at radius 2 is 1.88 bits per heavy atom. The fourth-order valence-corrected chi connectivity index (χ4v) is 2.07. The second kappa shape index (κ2) is 5.31. The molecule has 1 rings (SSSR count). The Kier molecular flexibility index (Phi) is 4.54. The number of pyridine rings is 1. The van der Waals surface area contributed by atoms with E-state index in [9.17, 15) is 0 Å². The maximum Gasteiger partial charge on any atom is 0.106 e. The number of rotatable bonds is 3. The molecular formula is C14H22BrN. The number of nitrogens with zero attached hydrogens (tertiary/aromatic N) is 1. The number of aryl methyl sites for hydroxylation is 1. The van der Waals surface area contributed by atoms with Gasteiger partial charge >= 0.3 is 0 Å². The zero-order chi connectivity index (χ0) is 12.3. The highest BCUT2D eigenvalue weighted by Crippen LogP contribution is 2.27. The lowest BCUT2D eigenvalue weighted by Gasteiger charge is -2.22. The Hall–Kier alpha value is -0.370. The maximum absolute atomic E-state index is 4.64. The standard InChI is InChI=1S/C14H22BrN/c1-10(2)6-7-11-8-9-12(15)16-13(11)14(3,4)5/h8-10H,6-7H2,1-5H3. The first-order valence-corrected chi connectivity index (χ1v) is 6.76. The molecule has 16 heavy (non-hydrogen) atoms. The van der Waals surface area contributed by atoms with Crippen LogP contribution < -0.4 is 0 Å². The summed E-state index contributed by atoms with van der Waals surface area (Å²) in [5.41, 5.74) is 2.74. The summed E-state index contributed by atoms with van der Waals surface area (Å²) in [5.74, 6) is 0.747. The third-order valence-electron chi connectivity index (χ3n) is 2.65. The zero-order valence-electron chi connectivity index (χ0n) is 11.0. The minimum absolute atomic E-state index is 0.121. The molecule has 0 unspecified atom stereocenters. The minimum atomic E-state index is 0.121. The Bertz CT molecular complexity index is 350. The Morgan fingerprint density at radius 3 is 2.38 bits per heavy atom. The van der Waals surface area contributed by atoms with E-state index in [0.717, 1.165) is 16.9 Å². The summed E-state index contributed by atoms with van der Waals surface area (Å²) in [7, 11) is 0. The highest BCUT2D eigenvalue weighted by molar-refractivity contribution is 9.10. The maximum atomic E-state index is 4.64. The van der Waals surface area contributed by atoms with E-state index >= 15 is 0 Å². The lowest BCUT2D eigenvalue weighted by molar-refractivity contribution is 0.540. The van der Waals surface area contributed by atoms with Gasteiger partial charge in [0.05, 0.1) is 5.69 Å². The first-order valence-electron chi connectivity index (χ1n) is 5.96. The Labute approximate surface area is 108 Å². The van der Waals surface area contributed by atoms with Crippen molar-refractivity contribution in [2.75, 3.05) is 0 Å². The van der Waals surface area contributed by atoms with Crippen molar-refractivity contribution in [2.24, 2.45) is 5.92 Å². The van der Waals surface area contributed by atoms with Crippen LogP contribution >= 0.6 is 15.9 Å². The SMILES string of the molecule is CC(C)CCc1ccc(Br)nc1C(C)(C)C. The smallest absolute Gasteiger partial charge is 0.106 e. The van der Waals surface area contributed by atoms with Gasteiger partial charge in [-0.05, 0) is 46.3 Å². The molecule has 90 valence electrons. The second-order valence-electron chi connectivity index (χ2n) is 5.82. The summed E-state index contributed by atoms with van der Waals surface area (Å²) in [6.45, 7) is 11.2. The molecule has 1 nitrogen and oxygen atoms in total. The summed E-state index contributed by atoms with van der Waals surface area (Å²) >= 11 is 3.46. The van der Waals surface area contributed by atoms with E-state index in [-0.39, 0.29) is 5.41 Å². The molecular weight excluding hydrogens is 262 g/mol. The minimum Gasteiger partial charge on any atom is -0.245 e. The van der Waals surface area contributed by atoms with Crippen molar-refractivity contribution >= 4 is 15.9 Å². The number of hydrogen-bond acceptors (Lipinski definition) is 1. The van der Waals surface area contributed by atoms with Crippen molar-refractivity contribution in [2.45, 2.75) is 52.9 Å². The first kappa shape index (κ1) is 13.7. The fraction of sp³-hybridized carbons (Fsp3) is 0.643. The van der Waals surface area contributed by atoms with Crippen molar-refractivity contribution in [1.29, 1.82) is 0 Å². The third kappa shape index (κ3) is 3.89. The van der Waals surface area contributed by atoms with Crippen LogP contribution in [0.25, 0.3) is 0 Å². The molecule has 0 radical (unpaired) electrons. The number of hydrogen-bond donors (Lipinski definition) is 0. The van der Waals surface area contributed by atoms with Crippen LogP contribution in [0.2, 0.25) is 0 Å². The van der Waals surface area contributed by atoms with Gasteiger partial charge in [-0.25, -0.2) is 4.98 Å². The molecule has 2 heteroatoms. The van der Waals surface area contributed by atoms with Crippen molar-refractivity contribution in [1.82, 2.24) is 4.98 Å².